The van der Waals surface area contributed by atoms with E-state index in [1.807, 2.05) is 0 Å². The summed E-state index contributed by atoms with van der Waals surface area (Å²) >= 11 is 12.7. The molecule has 0 spiro atoms. The van der Waals surface area contributed by atoms with E-state index in [2.05, 4.69) is 0 Å². The molecule has 1 saturated heterocycles. The maximum Gasteiger partial charge on any atom is 0.298 e. The van der Waals surface area contributed by atoms with Crippen LogP contribution >= 0.6 is 35.0 Å². The second-order valence-corrected chi connectivity index (χ2v) is 6.88. The normalized spacial score (nSPS) is 16.7. The number of imide groups is 1. The van der Waals surface area contributed by atoms with Crippen molar-refractivity contribution in [2.24, 2.45) is 0 Å². The highest BCUT2D eigenvalue weighted by atomic mass is 35.5. The molecule has 2 aromatic carbocycles. The van der Waals surface area contributed by atoms with E-state index in [0.29, 0.717) is 21.2 Å². The molecular formula is C17H11Cl2NO3S. The number of carbonyl (C=O) groups excluding carboxylic acids is 2. The van der Waals surface area contributed by atoms with Gasteiger partial charge >= 0.3 is 0 Å². The zero-order valence-electron chi connectivity index (χ0n) is 12.4. The van der Waals surface area contributed by atoms with Crippen LogP contribution in [0.2, 0.25) is 10.0 Å². The number of allylic oxidation sites excluding steroid dienone is 1. The van der Waals surface area contributed by atoms with Crippen molar-refractivity contribution in [3.63, 3.8) is 0 Å². The summed E-state index contributed by atoms with van der Waals surface area (Å²) in [6.07, 6.45) is 0. The summed E-state index contributed by atoms with van der Waals surface area (Å²) in [4.78, 5) is 26.4. The number of phenols is 1. The first kappa shape index (κ1) is 16.9. The monoisotopic (exact) mass is 379 g/mol. The number of halogens is 2. The first-order chi connectivity index (χ1) is 11.4. The standard InChI is InChI=1S/C17H11Cl2NO3S/c1-9(10-2-5-12(21)6-3-10)15-16(22)20(17(23)24-15)11-4-7-13(18)14(19)8-11/h2-8,21H,1H3/b15-9-. The smallest absolute Gasteiger partial charge is 0.298 e. The molecule has 0 atom stereocenters. The van der Waals surface area contributed by atoms with Gasteiger partial charge in [0, 0.05) is 0 Å². The number of hydrogen-bond acceptors (Lipinski definition) is 4. The molecule has 0 unspecified atom stereocenters. The minimum atomic E-state index is -0.408. The molecule has 1 N–H and O–H groups in total. The van der Waals surface area contributed by atoms with Gasteiger partial charge in [0.2, 0.25) is 0 Å². The SMILES string of the molecule is C/C(=C1/SC(=O)N(c2ccc(Cl)c(Cl)c2)C1=O)c1ccc(O)cc1. The number of aromatic hydroxyl groups is 1. The number of phenolic OH excluding ortho intramolecular Hbond substituents is 1. The fourth-order valence-electron chi connectivity index (χ4n) is 2.29. The van der Waals surface area contributed by atoms with Crippen molar-refractivity contribution in [1.82, 2.24) is 0 Å². The third-order valence-electron chi connectivity index (χ3n) is 3.57. The van der Waals surface area contributed by atoms with Gasteiger partial charge in [-0.25, -0.2) is 4.90 Å². The highest BCUT2D eigenvalue weighted by Gasteiger charge is 2.37. The van der Waals surface area contributed by atoms with E-state index >= 15 is 0 Å². The fourth-order valence-corrected chi connectivity index (χ4v) is 3.48. The molecule has 0 bridgehead atoms. The van der Waals surface area contributed by atoms with Gasteiger partial charge in [0.1, 0.15) is 5.75 Å². The number of carbonyl (C=O) groups is 2. The van der Waals surface area contributed by atoms with E-state index in [0.717, 1.165) is 22.2 Å². The molecule has 3 rings (SSSR count). The molecule has 1 aliphatic rings. The molecule has 7 heteroatoms. The van der Waals surface area contributed by atoms with E-state index in [4.69, 9.17) is 23.2 Å². The van der Waals surface area contributed by atoms with Crippen molar-refractivity contribution in [2.75, 3.05) is 4.90 Å². The van der Waals surface area contributed by atoms with Gasteiger partial charge in [-0.3, -0.25) is 9.59 Å². The minimum absolute atomic E-state index is 0.135. The summed E-state index contributed by atoms with van der Waals surface area (Å²) in [5, 5.41) is 9.59. The topological polar surface area (TPSA) is 57.6 Å². The van der Waals surface area contributed by atoms with Crippen molar-refractivity contribution in [3.8, 4) is 5.75 Å². The van der Waals surface area contributed by atoms with Crippen LogP contribution in [0.3, 0.4) is 0 Å². The number of anilines is 1. The summed E-state index contributed by atoms with van der Waals surface area (Å²) < 4.78 is 0. The second kappa shape index (κ2) is 6.51. The Bertz CT molecular complexity index is 878. The Balaban J connectivity index is 2.00. The van der Waals surface area contributed by atoms with E-state index in [-0.39, 0.29) is 10.8 Å². The van der Waals surface area contributed by atoms with Gasteiger partial charge in [0.05, 0.1) is 20.6 Å². The van der Waals surface area contributed by atoms with E-state index in [9.17, 15) is 14.7 Å². The highest BCUT2D eigenvalue weighted by Crippen LogP contribution is 2.40. The molecule has 1 aliphatic heterocycles. The van der Waals surface area contributed by atoms with Gasteiger partial charge in [-0.1, -0.05) is 35.3 Å². The lowest BCUT2D eigenvalue weighted by Gasteiger charge is -2.13. The van der Waals surface area contributed by atoms with Crippen LogP contribution in [0, 0.1) is 0 Å². The number of nitrogens with zero attached hydrogens (tertiary/aromatic N) is 1. The number of rotatable bonds is 2. The van der Waals surface area contributed by atoms with Crippen molar-refractivity contribution in [2.45, 2.75) is 6.92 Å². The molecule has 0 radical (unpaired) electrons. The quantitative estimate of drug-likeness (QED) is 0.716. The third-order valence-corrected chi connectivity index (χ3v) is 5.35. The van der Waals surface area contributed by atoms with Gasteiger partial charge in [-0.05, 0) is 60.2 Å². The van der Waals surface area contributed by atoms with Crippen molar-refractivity contribution in [1.29, 1.82) is 0 Å². The van der Waals surface area contributed by atoms with Crippen LogP contribution in [-0.2, 0) is 4.79 Å². The molecule has 122 valence electrons. The predicted octanol–water partition coefficient (Wildman–Crippen LogP) is 5.33. The summed E-state index contributed by atoms with van der Waals surface area (Å²) in [5.74, 6) is -0.274. The number of hydrogen-bond donors (Lipinski definition) is 1. The summed E-state index contributed by atoms with van der Waals surface area (Å²) in [7, 11) is 0. The third kappa shape index (κ3) is 3.02. The highest BCUT2D eigenvalue weighted by molar-refractivity contribution is 8.19. The van der Waals surface area contributed by atoms with Crippen LogP contribution in [0.5, 0.6) is 5.75 Å². The lowest BCUT2D eigenvalue weighted by molar-refractivity contribution is -0.113. The lowest BCUT2D eigenvalue weighted by Crippen LogP contribution is -2.27. The molecule has 0 aromatic heterocycles. The fraction of sp³-hybridized carbons (Fsp3) is 0.0588. The Morgan fingerprint density at radius 2 is 1.71 bits per heavy atom. The molecule has 24 heavy (non-hydrogen) atoms. The molecule has 1 fully saturated rings. The van der Waals surface area contributed by atoms with Crippen LogP contribution < -0.4 is 4.90 Å². The summed E-state index contributed by atoms with van der Waals surface area (Å²) in [5.41, 5.74) is 1.80. The molecule has 0 aliphatic carbocycles. The molecule has 2 aromatic rings. The average Bonchev–Trinajstić information content (AvgIpc) is 2.85. The Morgan fingerprint density at radius 3 is 2.33 bits per heavy atom. The van der Waals surface area contributed by atoms with E-state index in [1.165, 1.54) is 18.2 Å². The van der Waals surface area contributed by atoms with Crippen molar-refractivity contribution >= 4 is 57.4 Å². The van der Waals surface area contributed by atoms with Gasteiger partial charge in [-0.2, -0.15) is 0 Å². The van der Waals surface area contributed by atoms with Gasteiger partial charge in [-0.15, -0.1) is 0 Å². The maximum atomic E-state index is 12.7. The Hall–Kier alpha value is -1.95. The Kier molecular flexibility index (Phi) is 4.58. The zero-order chi connectivity index (χ0) is 17.4. The first-order valence-corrected chi connectivity index (χ1v) is 8.47. The minimum Gasteiger partial charge on any atom is -0.508 e. The molecule has 2 amide bonds. The Morgan fingerprint density at radius 1 is 1.04 bits per heavy atom. The predicted molar refractivity (Wildman–Crippen MR) is 97.6 cm³/mol. The zero-order valence-corrected chi connectivity index (χ0v) is 14.7. The van der Waals surface area contributed by atoms with Gasteiger partial charge in [0.15, 0.2) is 0 Å². The van der Waals surface area contributed by atoms with Gasteiger partial charge < -0.3 is 5.11 Å². The van der Waals surface area contributed by atoms with Crippen LogP contribution in [0.25, 0.3) is 5.57 Å². The van der Waals surface area contributed by atoms with Crippen LogP contribution in [0.1, 0.15) is 12.5 Å². The van der Waals surface area contributed by atoms with Crippen molar-refractivity contribution < 1.29 is 14.7 Å². The number of benzene rings is 2. The van der Waals surface area contributed by atoms with E-state index in [1.54, 1.807) is 31.2 Å². The average molecular weight is 380 g/mol. The molecule has 1 heterocycles. The van der Waals surface area contributed by atoms with Crippen LogP contribution in [0.15, 0.2) is 47.4 Å². The first-order valence-electron chi connectivity index (χ1n) is 6.90. The number of thioether (sulfide) groups is 1. The second-order valence-electron chi connectivity index (χ2n) is 5.11. The summed E-state index contributed by atoms with van der Waals surface area (Å²) in [6.45, 7) is 1.76. The largest absolute Gasteiger partial charge is 0.508 e. The van der Waals surface area contributed by atoms with Crippen LogP contribution in [0.4, 0.5) is 10.5 Å². The molecule has 0 saturated carbocycles. The molecule has 4 nitrogen and oxygen atoms in total. The Labute approximate surface area is 152 Å². The van der Waals surface area contributed by atoms with Crippen molar-refractivity contribution in [3.05, 3.63) is 63.0 Å². The van der Waals surface area contributed by atoms with Crippen LogP contribution in [-0.4, -0.2) is 16.3 Å². The lowest BCUT2D eigenvalue weighted by atomic mass is 10.1. The number of amides is 2. The summed E-state index contributed by atoms with van der Waals surface area (Å²) in [6, 6.07) is 11.0. The molecular weight excluding hydrogens is 369 g/mol. The maximum absolute atomic E-state index is 12.7. The van der Waals surface area contributed by atoms with E-state index < -0.39 is 11.1 Å². The van der Waals surface area contributed by atoms with Gasteiger partial charge in [0.25, 0.3) is 11.1 Å².